The van der Waals surface area contributed by atoms with Crippen LogP contribution in [-0.2, 0) is 4.79 Å². The number of carbonyl (C=O) groups excluding carboxylic acids is 2. The fourth-order valence-electron chi connectivity index (χ4n) is 2.23. The highest BCUT2D eigenvalue weighted by Gasteiger charge is 2.24. The number of nitrogens with one attached hydrogen (secondary N) is 3. The average Bonchev–Trinajstić information content (AvgIpc) is 3.38. The van der Waals surface area contributed by atoms with Gasteiger partial charge in [0.05, 0.1) is 12.1 Å². The molecule has 0 spiro atoms. The molecule has 0 heterocycles. The third-order valence-corrected chi connectivity index (χ3v) is 3.58. The number of amides is 2. The van der Waals surface area contributed by atoms with E-state index in [2.05, 4.69) is 16.0 Å². The Kier molecular flexibility index (Phi) is 4.57. The van der Waals surface area contributed by atoms with Crippen molar-refractivity contribution in [1.82, 2.24) is 5.32 Å². The molecule has 118 valence electrons. The summed E-state index contributed by atoms with van der Waals surface area (Å²) in [6.45, 7) is 0.0998. The van der Waals surface area contributed by atoms with Gasteiger partial charge in [0.1, 0.15) is 0 Å². The van der Waals surface area contributed by atoms with Gasteiger partial charge in [-0.3, -0.25) is 9.59 Å². The summed E-state index contributed by atoms with van der Waals surface area (Å²) < 4.78 is 0. The minimum atomic E-state index is -0.159. The van der Waals surface area contributed by atoms with Crippen molar-refractivity contribution in [3.8, 4) is 0 Å². The second-order valence-corrected chi connectivity index (χ2v) is 5.56. The molecule has 0 aliphatic heterocycles. The van der Waals surface area contributed by atoms with Gasteiger partial charge in [-0.05, 0) is 37.1 Å². The van der Waals surface area contributed by atoms with Crippen LogP contribution in [0.3, 0.4) is 0 Å². The Morgan fingerprint density at radius 1 is 0.957 bits per heavy atom. The van der Waals surface area contributed by atoms with E-state index in [-0.39, 0.29) is 18.4 Å². The maximum absolute atomic E-state index is 12.2. The van der Waals surface area contributed by atoms with Gasteiger partial charge >= 0.3 is 0 Å². The van der Waals surface area contributed by atoms with Crippen molar-refractivity contribution in [1.29, 1.82) is 0 Å². The van der Waals surface area contributed by atoms with E-state index in [9.17, 15) is 9.59 Å². The predicted octanol–water partition coefficient (Wildman–Crippen LogP) is 2.63. The Morgan fingerprint density at radius 2 is 1.65 bits per heavy atom. The van der Waals surface area contributed by atoms with Crippen LogP contribution in [0, 0.1) is 0 Å². The van der Waals surface area contributed by atoms with Crippen molar-refractivity contribution >= 4 is 23.2 Å². The molecular formula is C18H19N3O2. The van der Waals surface area contributed by atoms with E-state index in [0.29, 0.717) is 17.3 Å². The first-order valence-electron chi connectivity index (χ1n) is 7.71. The number of rotatable bonds is 6. The van der Waals surface area contributed by atoms with E-state index < -0.39 is 0 Å². The number of hydrogen-bond donors (Lipinski definition) is 3. The van der Waals surface area contributed by atoms with Gasteiger partial charge < -0.3 is 16.0 Å². The van der Waals surface area contributed by atoms with Crippen LogP contribution in [0.25, 0.3) is 0 Å². The minimum Gasteiger partial charge on any atom is -0.376 e. The molecule has 0 atom stereocenters. The zero-order valence-corrected chi connectivity index (χ0v) is 12.7. The number of benzene rings is 2. The number of anilines is 2. The van der Waals surface area contributed by atoms with E-state index in [1.165, 1.54) is 0 Å². The molecule has 2 aromatic carbocycles. The Morgan fingerprint density at radius 3 is 2.39 bits per heavy atom. The monoisotopic (exact) mass is 309 g/mol. The van der Waals surface area contributed by atoms with Crippen molar-refractivity contribution in [3.63, 3.8) is 0 Å². The molecule has 3 N–H and O–H groups in total. The van der Waals surface area contributed by atoms with Gasteiger partial charge in [0.2, 0.25) is 5.91 Å². The first-order valence-corrected chi connectivity index (χ1v) is 7.71. The van der Waals surface area contributed by atoms with Gasteiger partial charge in [-0.2, -0.15) is 0 Å². The Balaban J connectivity index is 1.59. The fourth-order valence-corrected chi connectivity index (χ4v) is 2.23. The lowest BCUT2D eigenvalue weighted by Gasteiger charge is -2.12. The quantitative estimate of drug-likeness (QED) is 0.768. The lowest BCUT2D eigenvalue weighted by atomic mass is 10.1. The van der Waals surface area contributed by atoms with Gasteiger partial charge in [0.15, 0.2) is 0 Å². The molecule has 0 aromatic heterocycles. The maximum atomic E-state index is 12.2. The smallest absolute Gasteiger partial charge is 0.253 e. The molecule has 0 saturated heterocycles. The lowest BCUT2D eigenvalue weighted by molar-refractivity contribution is -0.114. The summed E-state index contributed by atoms with van der Waals surface area (Å²) in [4.78, 5) is 24.2. The topological polar surface area (TPSA) is 70.2 Å². The van der Waals surface area contributed by atoms with Gasteiger partial charge in [-0.25, -0.2) is 0 Å². The summed E-state index contributed by atoms with van der Waals surface area (Å²) in [6.07, 6.45) is 2.08. The van der Waals surface area contributed by atoms with E-state index in [4.69, 9.17) is 0 Å². The fraction of sp³-hybridized carbons (Fsp3) is 0.222. The molecular weight excluding hydrogens is 290 g/mol. The molecule has 23 heavy (non-hydrogen) atoms. The standard InChI is InChI=1S/C18H19N3O2/c22-17(20-13-6-2-1-3-7-13)12-19-16-9-5-4-8-15(16)18(23)21-14-10-11-14/h1-9,14,19H,10-12H2,(H,20,22)(H,21,23). The Labute approximate surface area is 135 Å². The van der Waals surface area contributed by atoms with Crippen molar-refractivity contribution < 1.29 is 9.59 Å². The van der Waals surface area contributed by atoms with Gasteiger partial charge in [-0.15, -0.1) is 0 Å². The number of hydrogen-bond acceptors (Lipinski definition) is 3. The average molecular weight is 309 g/mol. The third kappa shape index (κ3) is 4.32. The highest BCUT2D eigenvalue weighted by molar-refractivity contribution is 6.01. The van der Waals surface area contributed by atoms with Crippen LogP contribution in [0.15, 0.2) is 54.6 Å². The summed E-state index contributed by atoms with van der Waals surface area (Å²) in [6, 6.07) is 16.8. The number of para-hydroxylation sites is 2. The second kappa shape index (κ2) is 6.96. The molecule has 1 fully saturated rings. The van der Waals surface area contributed by atoms with Crippen LogP contribution >= 0.6 is 0 Å². The van der Waals surface area contributed by atoms with Crippen LogP contribution in [0.1, 0.15) is 23.2 Å². The second-order valence-electron chi connectivity index (χ2n) is 5.56. The van der Waals surface area contributed by atoms with Crippen molar-refractivity contribution in [2.24, 2.45) is 0 Å². The zero-order valence-electron chi connectivity index (χ0n) is 12.7. The van der Waals surface area contributed by atoms with Crippen LogP contribution < -0.4 is 16.0 Å². The predicted molar refractivity (Wildman–Crippen MR) is 90.5 cm³/mol. The summed E-state index contributed by atoms with van der Waals surface area (Å²) in [5.74, 6) is -0.257. The first kappa shape index (κ1) is 15.1. The lowest BCUT2D eigenvalue weighted by Crippen LogP contribution is -2.27. The maximum Gasteiger partial charge on any atom is 0.253 e. The molecule has 2 aromatic rings. The Bertz CT molecular complexity index is 696. The highest BCUT2D eigenvalue weighted by atomic mass is 16.2. The van der Waals surface area contributed by atoms with E-state index in [0.717, 1.165) is 18.5 Å². The first-order chi connectivity index (χ1) is 11.2. The molecule has 0 bridgehead atoms. The van der Waals surface area contributed by atoms with E-state index >= 15 is 0 Å². The van der Waals surface area contributed by atoms with Crippen LogP contribution in [0.2, 0.25) is 0 Å². The zero-order chi connectivity index (χ0) is 16.1. The summed E-state index contributed by atoms with van der Waals surface area (Å²) in [5.41, 5.74) is 1.97. The molecule has 1 aliphatic rings. The summed E-state index contributed by atoms with van der Waals surface area (Å²) in [7, 11) is 0. The van der Waals surface area contributed by atoms with E-state index in [1.807, 2.05) is 42.5 Å². The molecule has 0 radical (unpaired) electrons. The van der Waals surface area contributed by atoms with Gasteiger partial charge in [0, 0.05) is 17.4 Å². The Hall–Kier alpha value is -2.82. The SMILES string of the molecule is O=C(CNc1ccccc1C(=O)NC1CC1)Nc1ccccc1. The molecule has 2 amide bonds. The van der Waals surface area contributed by atoms with Crippen molar-refractivity contribution in [2.75, 3.05) is 17.2 Å². The summed E-state index contributed by atoms with van der Waals surface area (Å²) >= 11 is 0. The van der Waals surface area contributed by atoms with Gasteiger partial charge in [0.25, 0.3) is 5.91 Å². The van der Waals surface area contributed by atoms with Crippen LogP contribution in [0.4, 0.5) is 11.4 Å². The molecule has 1 saturated carbocycles. The molecule has 0 unspecified atom stereocenters. The van der Waals surface area contributed by atoms with Gasteiger partial charge in [-0.1, -0.05) is 30.3 Å². The van der Waals surface area contributed by atoms with Crippen molar-refractivity contribution in [2.45, 2.75) is 18.9 Å². The summed E-state index contributed by atoms with van der Waals surface area (Å²) in [5, 5.41) is 8.79. The molecule has 5 nitrogen and oxygen atoms in total. The molecule has 5 heteroatoms. The van der Waals surface area contributed by atoms with Crippen LogP contribution in [-0.4, -0.2) is 24.4 Å². The number of carbonyl (C=O) groups is 2. The highest BCUT2D eigenvalue weighted by Crippen LogP contribution is 2.21. The molecule has 3 rings (SSSR count). The van der Waals surface area contributed by atoms with Crippen LogP contribution in [0.5, 0.6) is 0 Å². The van der Waals surface area contributed by atoms with Crippen molar-refractivity contribution in [3.05, 3.63) is 60.2 Å². The normalized spacial score (nSPS) is 13.2. The molecule has 1 aliphatic carbocycles. The third-order valence-electron chi connectivity index (χ3n) is 3.58. The van der Waals surface area contributed by atoms with E-state index in [1.54, 1.807) is 12.1 Å². The largest absolute Gasteiger partial charge is 0.376 e. The minimum absolute atomic E-state index is 0.0981.